The molecule has 1 aromatic rings. The van der Waals surface area contributed by atoms with E-state index in [1.807, 2.05) is 6.92 Å². The normalized spacial score (nSPS) is 12.0. The summed E-state index contributed by atoms with van der Waals surface area (Å²) in [5.74, 6) is -0.605. The van der Waals surface area contributed by atoms with E-state index in [-0.39, 0.29) is 11.8 Å². The van der Waals surface area contributed by atoms with Gasteiger partial charge in [-0.25, -0.2) is 9.18 Å². The van der Waals surface area contributed by atoms with Crippen molar-refractivity contribution in [2.75, 3.05) is 11.9 Å². The van der Waals surface area contributed by atoms with E-state index in [4.69, 9.17) is 4.74 Å². The molecule has 0 aliphatic rings. The van der Waals surface area contributed by atoms with Gasteiger partial charge in [0, 0.05) is 10.2 Å². The third kappa shape index (κ3) is 4.29. The zero-order chi connectivity index (χ0) is 13.5. The molecule has 1 atom stereocenters. The highest BCUT2D eigenvalue weighted by Crippen LogP contribution is 2.24. The van der Waals surface area contributed by atoms with Gasteiger partial charge >= 0.3 is 5.97 Å². The number of hydrogen-bond acceptors (Lipinski definition) is 3. The Morgan fingerprint density at radius 3 is 2.78 bits per heavy atom. The van der Waals surface area contributed by atoms with Crippen LogP contribution in [0.25, 0.3) is 0 Å². The second kappa shape index (κ2) is 7.36. The van der Waals surface area contributed by atoms with E-state index in [1.165, 1.54) is 12.1 Å². The van der Waals surface area contributed by atoms with E-state index >= 15 is 0 Å². The smallest absolute Gasteiger partial charge is 0.328 e. The molecule has 1 unspecified atom stereocenters. The minimum Gasteiger partial charge on any atom is -0.464 e. The van der Waals surface area contributed by atoms with Gasteiger partial charge in [-0.05, 0) is 47.5 Å². The number of rotatable bonds is 6. The summed E-state index contributed by atoms with van der Waals surface area (Å²) in [7, 11) is 0. The van der Waals surface area contributed by atoms with Gasteiger partial charge in [-0.1, -0.05) is 13.3 Å². The van der Waals surface area contributed by atoms with Crippen LogP contribution in [0.15, 0.2) is 22.7 Å². The lowest BCUT2D eigenvalue weighted by Gasteiger charge is -2.18. The average molecular weight is 318 g/mol. The van der Waals surface area contributed by atoms with Crippen LogP contribution in [0.1, 0.15) is 26.7 Å². The van der Waals surface area contributed by atoms with Gasteiger partial charge in [0.1, 0.15) is 11.9 Å². The van der Waals surface area contributed by atoms with Crippen molar-refractivity contribution < 1.29 is 13.9 Å². The molecule has 3 nitrogen and oxygen atoms in total. The Balaban J connectivity index is 2.79. The zero-order valence-corrected chi connectivity index (χ0v) is 12.1. The fourth-order valence-corrected chi connectivity index (χ4v) is 2.04. The molecule has 1 rings (SSSR count). The number of halogens is 2. The van der Waals surface area contributed by atoms with Gasteiger partial charge in [0.2, 0.25) is 0 Å². The van der Waals surface area contributed by atoms with Crippen molar-refractivity contribution in [2.24, 2.45) is 0 Å². The highest BCUT2D eigenvalue weighted by Gasteiger charge is 2.19. The van der Waals surface area contributed by atoms with Crippen LogP contribution in [-0.2, 0) is 9.53 Å². The first-order valence-electron chi connectivity index (χ1n) is 5.96. The predicted molar refractivity (Wildman–Crippen MR) is 73.1 cm³/mol. The molecule has 18 heavy (non-hydrogen) atoms. The Kier molecular flexibility index (Phi) is 6.12. The highest BCUT2D eigenvalue weighted by molar-refractivity contribution is 9.10. The predicted octanol–water partition coefficient (Wildman–Crippen LogP) is 3.73. The molecule has 0 radical (unpaired) electrons. The summed E-state index contributed by atoms with van der Waals surface area (Å²) >= 11 is 3.26. The number of ether oxygens (including phenoxy) is 1. The molecule has 0 saturated carbocycles. The second-order valence-corrected chi connectivity index (χ2v) is 4.72. The quantitative estimate of drug-likeness (QED) is 0.812. The lowest BCUT2D eigenvalue weighted by molar-refractivity contribution is -0.144. The zero-order valence-electron chi connectivity index (χ0n) is 10.5. The van der Waals surface area contributed by atoms with Gasteiger partial charge in [0.05, 0.1) is 6.61 Å². The Labute approximate surface area is 115 Å². The first-order valence-corrected chi connectivity index (χ1v) is 6.76. The molecular weight excluding hydrogens is 301 g/mol. The first-order chi connectivity index (χ1) is 8.58. The Bertz CT molecular complexity index is 412. The summed E-state index contributed by atoms with van der Waals surface area (Å²) in [5, 5.41) is 3.07. The maximum atomic E-state index is 13.0. The van der Waals surface area contributed by atoms with Crippen LogP contribution < -0.4 is 5.32 Å². The number of anilines is 1. The number of esters is 1. The summed E-state index contributed by atoms with van der Waals surface area (Å²) in [5.41, 5.74) is 0.683. The molecule has 0 aliphatic carbocycles. The van der Waals surface area contributed by atoms with E-state index in [0.29, 0.717) is 23.2 Å². The SMILES string of the molecule is CCCC(Nc1ccc(F)cc1Br)C(=O)OCC. The molecule has 100 valence electrons. The molecular formula is C13H17BrFNO2. The molecule has 0 bridgehead atoms. The van der Waals surface area contributed by atoms with Crippen molar-refractivity contribution in [3.8, 4) is 0 Å². The van der Waals surface area contributed by atoms with Gasteiger partial charge in [0.25, 0.3) is 0 Å². The topological polar surface area (TPSA) is 38.3 Å². The average Bonchev–Trinajstić information content (AvgIpc) is 2.32. The van der Waals surface area contributed by atoms with E-state index in [0.717, 1.165) is 6.42 Å². The lowest BCUT2D eigenvalue weighted by Crippen LogP contribution is -2.31. The van der Waals surface area contributed by atoms with Crippen LogP contribution in [0, 0.1) is 5.82 Å². The summed E-state index contributed by atoms with van der Waals surface area (Å²) in [4.78, 5) is 11.7. The van der Waals surface area contributed by atoms with Crippen molar-refractivity contribution in [3.05, 3.63) is 28.5 Å². The van der Waals surface area contributed by atoms with Crippen molar-refractivity contribution >= 4 is 27.6 Å². The van der Waals surface area contributed by atoms with E-state index in [9.17, 15) is 9.18 Å². The fraction of sp³-hybridized carbons (Fsp3) is 0.462. The molecule has 0 aromatic heterocycles. The summed E-state index contributed by atoms with van der Waals surface area (Å²) in [6.07, 6.45) is 1.53. The molecule has 0 aliphatic heterocycles. The van der Waals surface area contributed by atoms with Crippen LogP contribution in [0.5, 0.6) is 0 Å². The lowest BCUT2D eigenvalue weighted by atomic mass is 10.1. The standard InChI is InChI=1S/C13H17BrFNO2/c1-3-5-12(13(17)18-4-2)16-11-7-6-9(15)8-10(11)14/h6-8,12,16H,3-5H2,1-2H3. The Morgan fingerprint density at radius 2 is 2.22 bits per heavy atom. The minimum atomic E-state index is -0.406. The Hall–Kier alpha value is -1.10. The third-order valence-corrected chi connectivity index (χ3v) is 3.07. The van der Waals surface area contributed by atoms with Crippen LogP contribution in [0.4, 0.5) is 10.1 Å². The number of hydrogen-bond donors (Lipinski definition) is 1. The number of nitrogens with one attached hydrogen (secondary N) is 1. The van der Waals surface area contributed by atoms with Gasteiger partial charge in [-0.2, -0.15) is 0 Å². The monoisotopic (exact) mass is 317 g/mol. The van der Waals surface area contributed by atoms with E-state index in [2.05, 4.69) is 21.2 Å². The minimum absolute atomic E-state index is 0.282. The molecule has 5 heteroatoms. The van der Waals surface area contributed by atoms with Gasteiger partial charge < -0.3 is 10.1 Å². The first kappa shape index (κ1) is 15.0. The maximum absolute atomic E-state index is 13.0. The maximum Gasteiger partial charge on any atom is 0.328 e. The molecule has 1 aromatic carbocycles. The van der Waals surface area contributed by atoms with E-state index < -0.39 is 6.04 Å². The summed E-state index contributed by atoms with van der Waals surface area (Å²) in [6.45, 7) is 4.12. The highest BCUT2D eigenvalue weighted by atomic mass is 79.9. The number of carbonyl (C=O) groups is 1. The number of benzene rings is 1. The van der Waals surface area contributed by atoms with Crippen LogP contribution in [0.2, 0.25) is 0 Å². The molecule has 0 amide bonds. The van der Waals surface area contributed by atoms with Crippen LogP contribution >= 0.6 is 15.9 Å². The van der Waals surface area contributed by atoms with Gasteiger partial charge in [-0.3, -0.25) is 0 Å². The summed E-state index contributed by atoms with van der Waals surface area (Å²) < 4.78 is 18.6. The van der Waals surface area contributed by atoms with Crippen molar-refractivity contribution in [2.45, 2.75) is 32.7 Å². The van der Waals surface area contributed by atoms with E-state index in [1.54, 1.807) is 13.0 Å². The van der Waals surface area contributed by atoms with Gasteiger partial charge in [-0.15, -0.1) is 0 Å². The van der Waals surface area contributed by atoms with Gasteiger partial charge in [0.15, 0.2) is 0 Å². The molecule has 0 saturated heterocycles. The molecule has 0 heterocycles. The fourth-order valence-electron chi connectivity index (χ4n) is 1.57. The summed E-state index contributed by atoms with van der Waals surface area (Å²) in [6, 6.07) is 3.90. The Morgan fingerprint density at radius 1 is 1.50 bits per heavy atom. The van der Waals surface area contributed by atoms with Crippen molar-refractivity contribution in [1.29, 1.82) is 0 Å². The van der Waals surface area contributed by atoms with Crippen molar-refractivity contribution in [1.82, 2.24) is 0 Å². The second-order valence-electron chi connectivity index (χ2n) is 3.86. The van der Waals surface area contributed by atoms with Crippen LogP contribution in [-0.4, -0.2) is 18.6 Å². The molecule has 1 N–H and O–H groups in total. The third-order valence-electron chi connectivity index (χ3n) is 2.41. The van der Waals surface area contributed by atoms with Crippen molar-refractivity contribution in [3.63, 3.8) is 0 Å². The molecule has 0 spiro atoms. The largest absolute Gasteiger partial charge is 0.464 e. The number of carbonyl (C=O) groups excluding carboxylic acids is 1. The molecule has 0 fully saturated rings. The van der Waals surface area contributed by atoms with Crippen LogP contribution in [0.3, 0.4) is 0 Å².